The van der Waals surface area contributed by atoms with Crippen molar-refractivity contribution in [3.8, 4) is 0 Å². The van der Waals surface area contributed by atoms with Crippen LogP contribution in [-0.2, 0) is 4.79 Å². The molecule has 0 saturated carbocycles. The normalized spacial score (nSPS) is 11.3. The highest BCUT2D eigenvalue weighted by Gasteiger charge is 2.01. The minimum atomic E-state index is -1.23. The van der Waals surface area contributed by atoms with Crippen LogP contribution in [0, 0.1) is 0 Å². The van der Waals surface area contributed by atoms with Gasteiger partial charge in [-0.2, -0.15) is 0 Å². The summed E-state index contributed by atoms with van der Waals surface area (Å²) in [6, 6.07) is 0. The van der Waals surface area contributed by atoms with Crippen molar-refractivity contribution in [1.29, 1.82) is 0 Å². The van der Waals surface area contributed by atoms with Gasteiger partial charge in [0.05, 0.1) is 0 Å². The van der Waals surface area contributed by atoms with Crippen LogP contribution < -0.4 is 0 Å². The van der Waals surface area contributed by atoms with Gasteiger partial charge in [-0.25, -0.2) is 4.79 Å². The van der Waals surface area contributed by atoms with Crippen LogP contribution >= 0.6 is 0 Å². The van der Waals surface area contributed by atoms with E-state index in [0.717, 1.165) is 0 Å². The number of aliphatic carboxylic acids is 1. The predicted molar refractivity (Wildman–Crippen MR) is 38.1 cm³/mol. The third-order valence-electron chi connectivity index (χ3n) is 0.674. The molecule has 1 unspecified atom stereocenters. The Morgan fingerprint density at radius 3 is 1.64 bits per heavy atom. The fourth-order valence-electron chi connectivity index (χ4n) is 0.0707. The van der Waals surface area contributed by atoms with Crippen LogP contribution in [0.15, 0.2) is 0 Å². The number of carbonyl (C=O) groups is 1. The summed E-state index contributed by atoms with van der Waals surface area (Å²) in [6.45, 7) is 1.38. The second-order valence-electron chi connectivity index (χ2n) is 1.81. The zero-order chi connectivity index (χ0) is 9.28. The Morgan fingerprint density at radius 1 is 1.36 bits per heavy atom. The molecule has 4 N–H and O–H groups in total. The molecule has 0 heterocycles. The lowest BCUT2D eigenvalue weighted by Gasteiger charge is -1.89. The SMILES string of the molecule is CC(O)C(=O)O.OCCCO. The van der Waals surface area contributed by atoms with Crippen molar-refractivity contribution in [3.63, 3.8) is 0 Å². The highest BCUT2D eigenvalue weighted by molar-refractivity contribution is 5.71. The summed E-state index contributed by atoms with van der Waals surface area (Å²) in [6.07, 6.45) is -0.731. The largest absolute Gasteiger partial charge is 0.479 e. The first-order valence-electron chi connectivity index (χ1n) is 3.18. The van der Waals surface area contributed by atoms with Crippen LogP contribution in [-0.4, -0.2) is 45.7 Å². The smallest absolute Gasteiger partial charge is 0.332 e. The number of carboxylic acids is 1. The first-order chi connectivity index (χ1) is 5.06. The van der Waals surface area contributed by atoms with Crippen molar-refractivity contribution >= 4 is 5.97 Å². The monoisotopic (exact) mass is 166 g/mol. The average molecular weight is 166 g/mol. The van der Waals surface area contributed by atoms with Crippen molar-refractivity contribution in [3.05, 3.63) is 0 Å². The first kappa shape index (κ1) is 13.0. The van der Waals surface area contributed by atoms with E-state index in [9.17, 15) is 4.79 Å². The molecule has 0 rings (SSSR count). The van der Waals surface area contributed by atoms with Crippen LogP contribution in [0.2, 0.25) is 0 Å². The highest BCUT2D eigenvalue weighted by atomic mass is 16.4. The number of hydrogen-bond donors (Lipinski definition) is 4. The molecule has 0 radical (unpaired) electrons. The third kappa shape index (κ3) is 17.6. The molecule has 0 aliphatic rings. The summed E-state index contributed by atoms with van der Waals surface area (Å²) in [5, 5.41) is 31.6. The lowest BCUT2D eigenvalue weighted by atomic mass is 10.4. The first-order valence-corrected chi connectivity index (χ1v) is 3.18. The molecular weight excluding hydrogens is 152 g/mol. The molecular formula is C6H14O5. The number of rotatable bonds is 3. The molecule has 11 heavy (non-hydrogen) atoms. The molecule has 5 nitrogen and oxygen atoms in total. The van der Waals surface area contributed by atoms with E-state index in [1.54, 1.807) is 0 Å². The Balaban J connectivity index is 0. The zero-order valence-corrected chi connectivity index (χ0v) is 6.40. The molecule has 0 aliphatic carbocycles. The molecule has 0 bridgehead atoms. The van der Waals surface area contributed by atoms with Crippen LogP contribution in [0.3, 0.4) is 0 Å². The van der Waals surface area contributed by atoms with E-state index in [4.69, 9.17) is 20.4 Å². The van der Waals surface area contributed by atoms with Gasteiger partial charge < -0.3 is 20.4 Å². The van der Waals surface area contributed by atoms with Gasteiger partial charge >= 0.3 is 5.97 Å². The Kier molecular flexibility index (Phi) is 11.0. The van der Waals surface area contributed by atoms with Gasteiger partial charge in [-0.15, -0.1) is 0 Å². The van der Waals surface area contributed by atoms with E-state index in [1.165, 1.54) is 6.92 Å². The van der Waals surface area contributed by atoms with Gasteiger partial charge in [0.1, 0.15) is 6.10 Å². The van der Waals surface area contributed by atoms with Crippen molar-refractivity contribution in [1.82, 2.24) is 0 Å². The Hall–Kier alpha value is -0.650. The second-order valence-corrected chi connectivity index (χ2v) is 1.81. The van der Waals surface area contributed by atoms with Gasteiger partial charge in [-0.05, 0) is 13.3 Å². The van der Waals surface area contributed by atoms with Gasteiger partial charge in [0.15, 0.2) is 0 Å². The minimum absolute atomic E-state index is 0.0938. The van der Waals surface area contributed by atoms with E-state index in [1.807, 2.05) is 0 Å². The topological polar surface area (TPSA) is 98.0 Å². The summed E-state index contributed by atoms with van der Waals surface area (Å²) in [7, 11) is 0. The van der Waals surface area contributed by atoms with E-state index >= 15 is 0 Å². The van der Waals surface area contributed by atoms with Gasteiger partial charge in [0.2, 0.25) is 0 Å². The van der Waals surface area contributed by atoms with E-state index in [-0.39, 0.29) is 13.2 Å². The summed E-state index contributed by atoms with van der Waals surface area (Å²) < 4.78 is 0. The number of carboxylic acid groups (broad SMARTS) is 1. The number of hydrogen-bond acceptors (Lipinski definition) is 4. The molecule has 0 amide bonds. The van der Waals surface area contributed by atoms with Gasteiger partial charge in [-0.3, -0.25) is 0 Å². The Labute approximate surface area is 64.9 Å². The molecule has 0 spiro atoms. The molecule has 5 heteroatoms. The van der Waals surface area contributed by atoms with Gasteiger partial charge in [-0.1, -0.05) is 0 Å². The summed E-state index contributed by atoms with van der Waals surface area (Å²) >= 11 is 0. The third-order valence-corrected chi connectivity index (χ3v) is 0.674. The maximum absolute atomic E-state index is 9.45. The molecule has 0 saturated heterocycles. The zero-order valence-electron chi connectivity index (χ0n) is 6.40. The van der Waals surface area contributed by atoms with E-state index in [0.29, 0.717) is 6.42 Å². The van der Waals surface area contributed by atoms with Crippen LogP contribution in [0.25, 0.3) is 0 Å². The van der Waals surface area contributed by atoms with Crippen molar-refractivity contribution in [2.24, 2.45) is 0 Å². The Bertz CT molecular complexity index is 89.0. The van der Waals surface area contributed by atoms with Crippen molar-refractivity contribution < 1.29 is 25.2 Å². The summed E-state index contributed by atoms with van der Waals surface area (Å²) in [5.74, 6) is -1.19. The molecule has 0 aromatic heterocycles. The van der Waals surface area contributed by atoms with Gasteiger partial charge in [0.25, 0.3) is 0 Å². The Morgan fingerprint density at radius 2 is 1.64 bits per heavy atom. The molecule has 0 aromatic carbocycles. The lowest BCUT2D eigenvalue weighted by Crippen LogP contribution is -2.13. The summed E-state index contributed by atoms with van der Waals surface area (Å²) in [4.78, 5) is 9.45. The standard InChI is InChI=1S/C3H6O3.C3H8O2/c1-2(4)3(5)6;4-2-1-3-5/h2,4H,1H3,(H,5,6);4-5H,1-3H2. The lowest BCUT2D eigenvalue weighted by molar-refractivity contribution is -0.145. The number of aliphatic hydroxyl groups excluding tert-OH is 3. The quantitative estimate of drug-likeness (QED) is 0.422. The molecule has 1 atom stereocenters. The highest BCUT2D eigenvalue weighted by Crippen LogP contribution is 1.73. The molecule has 0 aliphatic heterocycles. The molecule has 0 fully saturated rings. The van der Waals surface area contributed by atoms with Crippen LogP contribution in [0.1, 0.15) is 13.3 Å². The van der Waals surface area contributed by atoms with E-state index < -0.39 is 12.1 Å². The fraction of sp³-hybridized carbons (Fsp3) is 0.833. The molecule has 0 aromatic rings. The average Bonchev–Trinajstić information content (AvgIpc) is 1.90. The maximum Gasteiger partial charge on any atom is 0.332 e. The number of aliphatic hydroxyl groups is 3. The fourth-order valence-corrected chi connectivity index (χ4v) is 0.0707. The van der Waals surface area contributed by atoms with Crippen molar-refractivity contribution in [2.45, 2.75) is 19.4 Å². The second kappa shape index (κ2) is 9.35. The van der Waals surface area contributed by atoms with Crippen LogP contribution in [0.4, 0.5) is 0 Å². The van der Waals surface area contributed by atoms with Crippen LogP contribution in [0.5, 0.6) is 0 Å². The van der Waals surface area contributed by atoms with E-state index in [2.05, 4.69) is 0 Å². The molecule has 68 valence electrons. The van der Waals surface area contributed by atoms with Crippen molar-refractivity contribution in [2.75, 3.05) is 13.2 Å². The minimum Gasteiger partial charge on any atom is -0.479 e. The predicted octanol–water partition coefficient (Wildman–Crippen LogP) is -1.19. The van der Waals surface area contributed by atoms with Gasteiger partial charge in [0, 0.05) is 13.2 Å². The maximum atomic E-state index is 9.45. The summed E-state index contributed by atoms with van der Waals surface area (Å²) in [5.41, 5.74) is 0.